The summed E-state index contributed by atoms with van der Waals surface area (Å²) in [7, 11) is 0. The molecule has 0 aliphatic rings. The van der Waals surface area contributed by atoms with E-state index in [1.807, 2.05) is 24.4 Å². The molecule has 0 amide bonds. The van der Waals surface area contributed by atoms with E-state index in [2.05, 4.69) is 9.97 Å². The Labute approximate surface area is 181 Å². The normalized spacial score (nSPS) is 11.1. The van der Waals surface area contributed by atoms with Gasteiger partial charge in [-0.05, 0) is 44.5 Å². The third-order valence-corrected chi connectivity index (χ3v) is 5.60. The second kappa shape index (κ2) is 8.43. The van der Waals surface area contributed by atoms with Crippen LogP contribution in [0, 0.1) is 25.5 Å². The molecule has 3 heterocycles. The molecule has 0 bridgehead atoms. The number of halogens is 2. The maximum absolute atomic E-state index is 14.0. The quantitative estimate of drug-likeness (QED) is 0.388. The van der Waals surface area contributed by atoms with Gasteiger partial charge in [-0.2, -0.15) is 0 Å². The Morgan fingerprint density at radius 2 is 1.97 bits per heavy atom. The second-order valence-electron chi connectivity index (χ2n) is 6.86. The number of aromatic nitrogens is 3. The number of nitrogens with zero attached hydrogens (tertiary/aromatic N) is 3. The summed E-state index contributed by atoms with van der Waals surface area (Å²) in [5, 5.41) is 0.255. The monoisotopic (exact) mass is 443 g/mol. The predicted molar refractivity (Wildman–Crippen MR) is 112 cm³/mol. The van der Waals surface area contributed by atoms with E-state index < -0.39 is 17.6 Å². The highest BCUT2D eigenvalue weighted by atomic mass is 32.1. The van der Waals surface area contributed by atoms with Crippen LogP contribution < -0.4 is 4.74 Å². The molecule has 0 radical (unpaired) electrons. The summed E-state index contributed by atoms with van der Waals surface area (Å²) in [6.07, 6.45) is 3.48. The van der Waals surface area contributed by atoms with Gasteiger partial charge in [0.05, 0.1) is 28.4 Å². The predicted octanol–water partition coefficient (Wildman–Crippen LogP) is 5.11. The molecule has 160 valence electrons. The number of rotatable bonds is 6. The van der Waals surface area contributed by atoms with Crippen molar-refractivity contribution in [3.63, 3.8) is 0 Å². The molecule has 0 aliphatic carbocycles. The first kappa shape index (κ1) is 20.9. The maximum Gasteiger partial charge on any atom is 0.367 e. The molecule has 0 fully saturated rings. The Bertz CT molecular complexity index is 1260. The average Bonchev–Trinajstić information content (AvgIpc) is 3.31. The largest absolute Gasteiger partial charge is 0.485 e. The fraction of sp³-hybridized carbons (Fsp3) is 0.227. The average molecular weight is 443 g/mol. The van der Waals surface area contributed by atoms with Crippen molar-refractivity contribution in [3.05, 3.63) is 70.1 Å². The summed E-state index contributed by atoms with van der Waals surface area (Å²) >= 11 is 1.21. The number of esters is 1. The molecule has 6 nitrogen and oxygen atoms in total. The van der Waals surface area contributed by atoms with Crippen LogP contribution in [-0.2, 0) is 11.3 Å². The lowest BCUT2D eigenvalue weighted by Crippen LogP contribution is -2.03. The molecule has 0 N–H and O–H groups in total. The second-order valence-corrected chi connectivity index (χ2v) is 7.89. The number of carbonyl (C=O) groups excluding carboxylic acids is 1. The van der Waals surface area contributed by atoms with Crippen LogP contribution in [0.15, 0.2) is 36.7 Å². The van der Waals surface area contributed by atoms with Gasteiger partial charge in [0.1, 0.15) is 18.2 Å². The summed E-state index contributed by atoms with van der Waals surface area (Å²) < 4.78 is 40.6. The third kappa shape index (κ3) is 4.00. The van der Waals surface area contributed by atoms with E-state index in [0.29, 0.717) is 17.1 Å². The van der Waals surface area contributed by atoms with Gasteiger partial charge in [-0.15, -0.1) is 11.3 Å². The van der Waals surface area contributed by atoms with E-state index in [1.165, 1.54) is 29.5 Å². The van der Waals surface area contributed by atoms with Crippen molar-refractivity contribution in [2.24, 2.45) is 0 Å². The number of pyridine rings is 1. The number of fused-ring (bicyclic) bond motifs is 1. The van der Waals surface area contributed by atoms with Gasteiger partial charge < -0.3 is 9.47 Å². The van der Waals surface area contributed by atoms with E-state index in [-0.39, 0.29) is 23.8 Å². The van der Waals surface area contributed by atoms with Crippen molar-refractivity contribution in [2.45, 2.75) is 27.4 Å². The standard InChI is InChI=1S/C22H19F2N3O3S/c1-4-29-22(28)21-25-9-18(31-21)19-13(3)26-20-17(8-12(2)10-27(19)20)30-11-14-15(23)6-5-7-16(14)24/h5-10H,4,11H2,1-3H3. The molecule has 0 atom stereocenters. The number of thiazole rings is 1. The molecule has 9 heteroatoms. The highest BCUT2D eigenvalue weighted by Gasteiger charge is 2.20. The molecule has 0 saturated carbocycles. The number of hydrogen-bond donors (Lipinski definition) is 0. The zero-order valence-corrected chi connectivity index (χ0v) is 17.9. The molecule has 0 aliphatic heterocycles. The van der Waals surface area contributed by atoms with Gasteiger partial charge in [0, 0.05) is 12.4 Å². The summed E-state index contributed by atoms with van der Waals surface area (Å²) in [6.45, 7) is 5.45. The molecule has 3 aromatic heterocycles. The fourth-order valence-corrected chi connectivity index (χ4v) is 4.16. The molecular formula is C22H19F2N3O3S. The summed E-state index contributed by atoms with van der Waals surface area (Å²) in [4.78, 5) is 21.5. The molecule has 4 aromatic rings. The number of carbonyl (C=O) groups is 1. The van der Waals surface area contributed by atoms with E-state index in [9.17, 15) is 13.6 Å². The Hall–Kier alpha value is -3.33. The minimum atomic E-state index is -0.667. The Balaban J connectivity index is 1.73. The zero-order valence-electron chi connectivity index (χ0n) is 17.1. The van der Waals surface area contributed by atoms with E-state index in [1.54, 1.807) is 19.2 Å². The van der Waals surface area contributed by atoms with Crippen LogP contribution in [0.5, 0.6) is 5.75 Å². The van der Waals surface area contributed by atoms with Gasteiger partial charge in [0.2, 0.25) is 5.01 Å². The van der Waals surface area contributed by atoms with E-state index >= 15 is 0 Å². The van der Waals surface area contributed by atoms with Crippen molar-refractivity contribution in [3.8, 4) is 16.3 Å². The van der Waals surface area contributed by atoms with E-state index in [0.717, 1.165) is 16.1 Å². The summed E-state index contributed by atoms with van der Waals surface area (Å²) in [5.74, 6) is -1.41. The lowest BCUT2D eigenvalue weighted by Gasteiger charge is -2.11. The number of imidazole rings is 1. The SMILES string of the molecule is CCOC(=O)c1ncc(-c2c(C)nc3c(OCc4c(F)cccc4F)cc(C)cn23)s1. The lowest BCUT2D eigenvalue weighted by molar-refractivity contribution is 0.0526. The van der Waals surface area contributed by atoms with Crippen molar-refractivity contribution in [1.82, 2.24) is 14.4 Å². The molecule has 31 heavy (non-hydrogen) atoms. The fourth-order valence-electron chi connectivity index (χ4n) is 3.25. The van der Waals surface area contributed by atoms with Crippen LogP contribution in [0.4, 0.5) is 8.78 Å². The van der Waals surface area contributed by atoms with Crippen molar-refractivity contribution in [2.75, 3.05) is 6.61 Å². The number of aryl methyl sites for hydroxylation is 2. The summed E-state index contributed by atoms with van der Waals surface area (Å²) in [5.41, 5.74) is 2.68. The van der Waals surface area contributed by atoms with Gasteiger partial charge >= 0.3 is 5.97 Å². The number of ether oxygens (including phenoxy) is 2. The van der Waals surface area contributed by atoms with Gasteiger partial charge in [0.15, 0.2) is 11.4 Å². The number of hydrogen-bond acceptors (Lipinski definition) is 6. The molecule has 0 spiro atoms. The van der Waals surface area contributed by atoms with Gasteiger partial charge in [-0.3, -0.25) is 4.40 Å². The van der Waals surface area contributed by atoms with Gasteiger partial charge in [-0.1, -0.05) is 6.07 Å². The van der Waals surface area contributed by atoms with E-state index in [4.69, 9.17) is 9.47 Å². The first-order valence-electron chi connectivity index (χ1n) is 9.57. The molecule has 4 rings (SSSR count). The topological polar surface area (TPSA) is 65.7 Å². The van der Waals surface area contributed by atoms with Crippen LogP contribution >= 0.6 is 11.3 Å². The highest BCUT2D eigenvalue weighted by Crippen LogP contribution is 2.33. The van der Waals surface area contributed by atoms with Gasteiger partial charge in [-0.25, -0.2) is 23.5 Å². The Morgan fingerprint density at radius 1 is 1.23 bits per heavy atom. The minimum absolute atomic E-state index is 0.146. The Morgan fingerprint density at radius 3 is 2.68 bits per heavy atom. The minimum Gasteiger partial charge on any atom is -0.485 e. The third-order valence-electron chi connectivity index (χ3n) is 4.62. The van der Waals surface area contributed by atoms with Crippen LogP contribution in [0.2, 0.25) is 0 Å². The van der Waals surface area contributed by atoms with Gasteiger partial charge in [0.25, 0.3) is 0 Å². The van der Waals surface area contributed by atoms with Crippen molar-refractivity contribution in [1.29, 1.82) is 0 Å². The Kier molecular flexibility index (Phi) is 5.69. The van der Waals surface area contributed by atoms with Crippen LogP contribution in [0.1, 0.15) is 33.5 Å². The van der Waals surface area contributed by atoms with Crippen molar-refractivity contribution < 1.29 is 23.0 Å². The molecule has 0 saturated heterocycles. The molecule has 0 unspecified atom stereocenters. The van der Waals surface area contributed by atoms with Crippen molar-refractivity contribution >= 4 is 23.0 Å². The van der Waals surface area contributed by atoms with Crippen LogP contribution in [0.3, 0.4) is 0 Å². The molecule has 1 aromatic carbocycles. The maximum atomic E-state index is 14.0. The smallest absolute Gasteiger partial charge is 0.367 e. The number of benzene rings is 1. The first-order chi connectivity index (χ1) is 14.9. The highest BCUT2D eigenvalue weighted by molar-refractivity contribution is 7.16. The summed E-state index contributed by atoms with van der Waals surface area (Å²) in [6, 6.07) is 5.45. The lowest BCUT2D eigenvalue weighted by atomic mass is 10.2. The molecular weight excluding hydrogens is 424 g/mol. The van der Waals surface area contributed by atoms with Crippen LogP contribution in [-0.4, -0.2) is 26.9 Å². The van der Waals surface area contributed by atoms with Crippen LogP contribution in [0.25, 0.3) is 16.2 Å². The zero-order chi connectivity index (χ0) is 22.1. The first-order valence-corrected chi connectivity index (χ1v) is 10.4.